The van der Waals surface area contributed by atoms with Crippen molar-refractivity contribution < 1.29 is 18.1 Å². The maximum absolute atomic E-state index is 11.3. The number of nitro groups is 1. The van der Waals surface area contributed by atoms with Crippen LogP contribution in [0.5, 0.6) is 5.75 Å². The number of nitrogens with zero attached hydrogens (tertiary/aromatic N) is 2. The number of ether oxygens (including phenoxy) is 1. The minimum Gasteiger partial charge on any atom is -0.490 e. The van der Waals surface area contributed by atoms with Crippen LogP contribution in [-0.4, -0.2) is 50.7 Å². The van der Waals surface area contributed by atoms with Crippen LogP contribution < -0.4 is 9.46 Å². The molecule has 0 spiro atoms. The molecule has 1 unspecified atom stereocenters. The first-order chi connectivity index (χ1) is 10.8. The van der Waals surface area contributed by atoms with E-state index in [-0.39, 0.29) is 17.5 Å². The molecule has 1 N–H and O–H groups in total. The summed E-state index contributed by atoms with van der Waals surface area (Å²) < 4.78 is 30.3. The quantitative estimate of drug-likeness (QED) is 0.613. The lowest BCUT2D eigenvalue weighted by Gasteiger charge is -2.32. The van der Waals surface area contributed by atoms with Crippen LogP contribution in [0.15, 0.2) is 18.2 Å². The fourth-order valence-corrected chi connectivity index (χ4v) is 3.63. The summed E-state index contributed by atoms with van der Waals surface area (Å²) in [5.74, 6) is 0.231. The molecular formula is C14H21N3O5S. The van der Waals surface area contributed by atoms with Crippen LogP contribution in [0.1, 0.15) is 18.4 Å². The van der Waals surface area contributed by atoms with Gasteiger partial charge in [0.25, 0.3) is 0 Å². The van der Waals surface area contributed by atoms with Crippen molar-refractivity contribution in [2.45, 2.75) is 25.4 Å². The predicted molar refractivity (Wildman–Crippen MR) is 85.9 cm³/mol. The average Bonchev–Trinajstić information content (AvgIpc) is 2.45. The van der Waals surface area contributed by atoms with Gasteiger partial charge in [-0.3, -0.25) is 15.0 Å². The molecular weight excluding hydrogens is 322 g/mol. The Labute approximate surface area is 135 Å². The Morgan fingerprint density at radius 1 is 1.48 bits per heavy atom. The van der Waals surface area contributed by atoms with Crippen LogP contribution in [0.2, 0.25) is 0 Å². The number of likely N-dealkylation sites (tertiary alicyclic amines) is 1. The van der Waals surface area contributed by atoms with Crippen molar-refractivity contribution in [3.05, 3.63) is 33.9 Å². The summed E-state index contributed by atoms with van der Waals surface area (Å²) in [6.45, 7) is 1.96. The number of hydrogen-bond donors (Lipinski definition) is 1. The molecule has 0 amide bonds. The highest BCUT2D eigenvalue weighted by molar-refractivity contribution is 7.88. The Kier molecular flexibility index (Phi) is 5.55. The molecule has 1 saturated heterocycles. The van der Waals surface area contributed by atoms with Gasteiger partial charge in [0.15, 0.2) is 5.75 Å². The molecule has 1 fully saturated rings. The Morgan fingerprint density at radius 2 is 2.22 bits per heavy atom. The van der Waals surface area contributed by atoms with Gasteiger partial charge in [0.1, 0.15) is 0 Å². The molecule has 1 aliphatic heterocycles. The minimum absolute atomic E-state index is 0.0622. The number of rotatable bonds is 6. The monoisotopic (exact) mass is 343 g/mol. The average molecular weight is 343 g/mol. The van der Waals surface area contributed by atoms with Crippen molar-refractivity contribution in [2.75, 3.05) is 26.5 Å². The SMILES string of the molecule is COc1ccc(CN2CCCC(NS(C)(=O)=O)C2)cc1[N+](=O)[O-]. The van der Waals surface area contributed by atoms with E-state index in [0.29, 0.717) is 13.1 Å². The van der Waals surface area contributed by atoms with Gasteiger partial charge in [0.05, 0.1) is 18.3 Å². The Bertz CT molecular complexity index is 677. The molecule has 2 rings (SSSR count). The lowest BCUT2D eigenvalue weighted by atomic mass is 10.1. The van der Waals surface area contributed by atoms with Gasteiger partial charge in [-0.15, -0.1) is 0 Å². The summed E-state index contributed by atoms with van der Waals surface area (Å²) >= 11 is 0. The molecule has 0 aliphatic carbocycles. The summed E-state index contributed by atoms with van der Waals surface area (Å²) in [6.07, 6.45) is 2.83. The Balaban J connectivity index is 2.06. The number of nitro benzene ring substituents is 1. The zero-order valence-electron chi connectivity index (χ0n) is 13.2. The van der Waals surface area contributed by atoms with E-state index in [1.807, 2.05) is 0 Å². The lowest BCUT2D eigenvalue weighted by molar-refractivity contribution is -0.385. The second kappa shape index (κ2) is 7.24. The van der Waals surface area contributed by atoms with Crippen LogP contribution >= 0.6 is 0 Å². The van der Waals surface area contributed by atoms with Crippen LogP contribution in [0.3, 0.4) is 0 Å². The molecule has 23 heavy (non-hydrogen) atoms. The summed E-state index contributed by atoms with van der Waals surface area (Å²) in [4.78, 5) is 12.7. The topological polar surface area (TPSA) is 102 Å². The third-order valence-electron chi connectivity index (χ3n) is 3.73. The summed E-state index contributed by atoms with van der Waals surface area (Å²) in [5.41, 5.74) is 0.741. The molecule has 0 radical (unpaired) electrons. The predicted octanol–water partition coefficient (Wildman–Crippen LogP) is 1.12. The molecule has 128 valence electrons. The van der Waals surface area contributed by atoms with Gasteiger partial charge in [-0.2, -0.15) is 0 Å². The number of piperidine rings is 1. The van der Waals surface area contributed by atoms with E-state index >= 15 is 0 Å². The second-order valence-electron chi connectivity index (χ2n) is 5.73. The van der Waals surface area contributed by atoms with Gasteiger partial charge >= 0.3 is 5.69 Å². The molecule has 0 saturated carbocycles. The van der Waals surface area contributed by atoms with E-state index in [4.69, 9.17) is 4.74 Å². The standard InChI is InChI=1S/C14H21N3O5S/c1-22-14-6-5-11(8-13(14)17(18)19)9-16-7-3-4-12(10-16)15-23(2,20)21/h5-6,8,12,15H,3-4,7,9-10H2,1-2H3. The van der Waals surface area contributed by atoms with E-state index in [1.165, 1.54) is 13.2 Å². The number of methoxy groups -OCH3 is 1. The third-order valence-corrected chi connectivity index (χ3v) is 4.49. The number of benzene rings is 1. The first kappa shape index (κ1) is 17.6. The van der Waals surface area contributed by atoms with Gasteiger partial charge in [0, 0.05) is 25.2 Å². The van der Waals surface area contributed by atoms with Crippen molar-refractivity contribution >= 4 is 15.7 Å². The van der Waals surface area contributed by atoms with Crippen molar-refractivity contribution in [1.82, 2.24) is 9.62 Å². The molecule has 1 atom stereocenters. The van der Waals surface area contributed by atoms with E-state index in [2.05, 4.69) is 9.62 Å². The number of nitrogens with one attached hydrogen (secondary N) is 1. The van der Waals surface area contributed by atoms with E-state index in [0.717, 1.165) is 31.2 Å². The van der Waals surface area contributed by atoms with Crippen LogP contribution in [-0.2, 0) is 16.6 Å². The van der Waals surface area contributed by atoms with Gasteiger partial charge < -0.3 is 4.74 Å². The highest BCUT2D eigenvalue weighted by Crippen LogP contribution is 2.28. The molecule has 9 heteroatoms. The van der Waals surface area contributed by atoms with Gasteiger partial charge in [-0.1, -0.05) is 6.07 Å². The Morgan fingerprint density at radius 3 is 2.83 bits per heavy atom. The van der Waals surface area contributed by atoms with Crippen molar-refractivity contribution in [3.63, 3.8) is 0 Å². The third kappa shape index (κ3) is 5.15. The van der Waals surface area contributed by atoms with Gasteiger partial charge in [0.2, 0.25) is 10.0 Å². The zero-order chi connectivity index (χ0) is 17.0. The summed E-state index contributed by atoms with van der Waals surface area (Å²) in [7, 11) is -1.83. The molecule has 1 aliphatic rings. The van der Waals surface area contributed by atoms with E-state index in [9.17, 15) is 18.5 Å². The van der Waals surface area contributed by atoms with Crippen molar-refractivity contribution in [2.24, 2.45) is 0 Å². The molecule has 1 aromatic carbocycles. The first-order valence-corrected chi connectivity index (χ1v) is 9.18. The first-order valence-electron chi connectivity index (χ1n) is 7.29. The van der Waals surface area contributed by atoms with Crippen molar-refractivity contribution in [3.8, 4) is 5.75 Å². The van der Waals surface area contributed by atoms with Crippen molar-refractivity contribution in [1.29, 1.82) is 0 Å². The zero-order valence-corrected chi connectivity index (χ0v) is 14.0. The fraction of sp³-hybridized carbons (Fsp3) is 0.571. The largest absolute Gasteiger partial charge is 0.490 e. The summed E-state index contributed by atoms with van der Waals surface area (Å²) in [6, 6.07) is 4.77. The molecule has 1 heterocycles. The van der Waals surface area contributed by atoms with Crippen LogP contribution in [0.25, 0.3) is 0 Å². The lowest BCUT2D eigenvalue weighted by Crippen LogP contribution is -2.46. The highest BCUT2D eigenvalue weighted by Gasteiger charge is 2.23. The smallest absolute Gasteiger partial charge is 0.311 e. The molecule has 0 aromatic heterocycles. The molecule has 1 aromatic rings. The fourth-order valence-electron chi connectivity index (χ4n) is 2.83. The summed E-state index contributed by atoms with van der Waals surface area (Å²) in [5, 5.41) is 11.1. The van der Waals surface area contributed by atoms with Crippen LogP contribution in [0, 0.1) is 10.1 Å². The number of hydrogen-bond acceptors (Lipinski definition) is 6. The van der Waals surface area contributed by atoms with E-state index in [1.54, 1.807) is 12.1 Å². The van der Waals surface area contributed by atoms with Gasteiger partial charge in [-0.05, 0) is 31.0 Å². The maximum Gasteiger partial charge on any atom is 0.311 e. The van der Waals surface area contributed by atoms with Crippen LogP contribution in [0.4, 0.5) is 5.69 Å². The van der Waals surface area contributed by atoms with Gasteiger partial charge in [-0.25, -0.2) is 13.1 Å². The molecule has 0 bridgehead atoms. The van der Waals surface area contributed by atoms with E-state index < -0.39 is 14.9 Å². The normalized spacial score (nSPS) is 19.5. The minimum atomic E-state index is -3.23. The maximum atomic E-state index is 11.3. The second-order valence-corrected chi connectivity index (χ2v) is 7.51. The molecule has 8 nitrogen and oxygen atoms in total. The number of sulfonamides is 1. The highest BCUT2D eigenvalue weighted by atomic mass is 32.2. The Hall–Kier alpha value is -1.71.